The smallest absolute Gasteiger partial charge is 0.123 e. The first-order valence-electron chi connectivity index (χ1n) is 21.1. The summed E-state index contributed by atoms with van der Waals surface area (Å²) in [6.07, 6.45) is 0. The van der Waals surface area contributed by atoms with Gasteiger partial charge in [0.25, 0.3) is 0 Å². The van der Waals surface area contributed by atoms with Gasteiger partial charge in [-0.2, -0.15) is 0 Å². The van der Waals surface area contributed by atoms with Crippen LogP contribution in [-0.2, 0) is 5.41 Å². The van der Waals surface area contributed by atoms with Gasteiger partial charge in [-0.1, -0.05) is 176 Å². The number of benzene rings is 10. The van der Waals surface area contributed by atoms with Crippen molar-refractivity contribution in [2.45, 2.75) is 5.41 Å². The Morgan fingerprint density at radius 3 is 1.47 bits per heavy atom. The van der Waals surface area contributed by atoms with Crippen LogP contribution in [0.25, 0.3) is 49.4 Å². The van der Waals surface area contributed by atoms with Gasteiger partial charge in [-0.25, -0.2) is 4.39 Å². The highest BCUT2D eigenvalue weighted by Gasteiger charge is 2.38. The second kappa shape index (κ2) is 15.5. The summed E-state index contributed by atoms with van der Waals surface area (Å²) in [5, 5.41) is 4.68. The average Bonchev–Trinajstić information content (AvgIpc) is 3.67. The first-order chi connectivity index (χ1) is 30.7. The molecule has 0 aliphatic heterocycles. The van der Waals surface area contributed by atoms with Crippen LogP contribution in [-0.4, -0.2) is 4.57 Å². The van der Waals surface area contributed by atoms with Crippen molar-refractivity contribution in [3.63, 3.8) is 0 Å². The highest BCUT2D eigenvalue weighted by Crippen LogP contribution is 2.47. The number of fused-ring (bicyclic) bond motifs is 4. The molecule has 0 radical (unpaired) electrons. The van der Waals surface area contributed by atoms with E-state index < -0.39 is 5.41 Å². The minimum absolute atomic E-state index is 0.243. The van der Waals surface area contributed by atoms with E-state index in [0.29, 0.717) is 0 Å². The molecule has 11 rings (SSSR count). The van der Waals surface area contributed by atoms with Crippen LogP contribution in [0.3, 0.4) is 0 Å². The zero-order chi connectivity index (χ0) is 41.5. The maximum Gasteiger partial charge on any atom is 0.123 e. The highest BCUT2D eigenvalue weighted by atomic mass is 19.1. The largest absolute Gasteiger partial charge is 0.310 e. The third kappa shape index (κ3) is 6.26. The van der Waals surface area contributed by atoms with Crippen LogP contribution in [0.2, 0.25) is 0 Å². The fraction of sp³-hybridized carbons (Fsp3) is 0.0169. The van der Waals surface area contributed by atoms with E-state index in [1.807, 2.05) is 12.1 Å². The molecule has 0 bridgehead atoms. The van der Waals surface area contributed by atoms with Crippen molar-refractivity contribution in [2.24, 2.45) is 0 Å². The standard InChI is InChI=1S/C59H41FN2/c60-49-32-38-52(39-33-49)62-57-25-13-12-24-54(57)55-41-44(29-40-58(55)62)42-27-34-50(35-28-42)61(56-26-14-16-43-15-10-11-23-53(43)56)51-36-30-48(31-37-51)59(45-17-4-1-5-18-45,46-19-6-2-7-20-46)47-21-8-3-9-22-47/h1-41H. The molecular formula is C59H41FN2. The van der Waals surface area contributed by atoms with Gasteiger partial charge in [0.05, 0.1) is 22.1 Å². The quantitative estimate of drug-likeness (QED) is 0.132. The highest BCUT2D eigenvalue weighted by molar-refractivity contribution is 6.10. The van der Waals surface area contributed by atoms with Crippen molar-refractivity contribution in [1.82, 2.24) is 4.57 Å². The van der Waals surface area contributed by atoms with Crippen LogP contribution < -0.4 is 4.90 Å². The summed E-state index contributed by atoms with van der Waals surface area (Å²) < 4.78 is 16.2. The molecular weight excluding hydrogens is 756 g/mol. The summed E-state index contributed by atoms with van der Waals surface area (Å²) in [5.41, 5.74) is 12.9. The minimum atomic E-state index is -0.541. The van der Waals surface area contributed by atoms with Crippen molar-refractivity contribution in [3.8, 4) is 16.8 Å². The number of para-hydroxylation sites is 1. The Balaban J connectivity index is 1.04. The number of hydrogen-bond acceptors (Lipinski definition) is 1. The molecule has 0 atom stereocenters. The topological polar surface area (TPSA) is 8.17 Å². The number of rotatable bonds is 9. The van der Waals surface area contributed by atoms with Gasteiger partial charge in [0.15, 0.2) is 0 Å². The second-order valence-corrected chi connectivity index (χ2v) is 15.8. The van der Waals surface area contributed by atoms with Crippen LogP contribution in [0, 0.1) is 5.82 Å². The van der Waals surface area contributed by atoms with E-state index >= 15 is 0 Å². The molecule has 0 amide bonds. The number of nitrogens with zero attached hydrogens (tertiary/aromatic N) is 2. The van der Waals surface area contributed by atoms with E-state index in [-0.39, 0.29) is 5.82 Å². The fourth-order valence-corrected chi connectivity index (χ4v) is 9.58. The second-order valence-electron chi connectivity index (χ2n) is 15.8. The molecule has 0 spiro atoms. The van der Waals surface area contributed by atoms with Gasteiger partial charge in [-0.15, -0.1) is 0 Å². The summed E-state index contributed by atoms with van der Waals surface area (Å²) in [5.74, 6) is -0.243. The lowest BCUT2D eigenvalue weighted by Crippen LogP contribution is -2.31. The SMILES string of the molecule is Fc1ccc(-n2c3ccccc3c3cc(-c4ccc(N(c5ccc(C(c6ccccc6)(c6ccccc6)c6ccccc6)cc5)c5cccc6ccccc56)cc4)ccc32)cc1. The molecule has 0 saturated heterocycles. The van der Waals surface area contributed by atoms with Crippen LogP contribution >= 0.6 is 0 Å². The Morgan fingerprint density at radius 1 is 0.355 bits per heavy atom. The lowest BCUT2D eigenvalue weighted by atomic mass is 9.65. The molecule has 62 heavy (non-hydrogen) atoms. The molecule has 0 aliphatic rings. The predicted molar refractivity (Wildman–Crippen MR) is 257 cm³/mol. The third-order valence-electron chi connectivity index (χ3n) is 12.4. The monoisotopic (exact) mass is 796 g/mol. The number of hydrogen-bond donors (Lipinski definition) is 0. The molecule has 3 heteroatoms. The summed E-state index contributed by atoms with van der Waals surface area (Å²) in [7, 11) is 0. The predicted octanol–water partition coefficient (Wildman–Crippen LogP) is 15.6. The van der Waals surface area contributed by atoms with E-state index in [1.54, 1.807) is 0 Å². The van der Waals surface area contributed by atoms with Crippen LogP contribution in [0.4, 0.5) is 21.5 Å². The van der Waals surface area contributed by atoms with Gasteiger partial charge in [0.1, 0.15) is 5.82 Å². The van der Waals surface area contributed by atoms with E-state index in [9.17, 15) is 4.39 Å². The Bertz CT molecular complexity index is 3220. The van der Waals surface area contributed by atoms with Crippen molar-refractivity contribution < 1.29 is 4.39 Å². The fourth-order valence-electron chi connectivity index (χ4n) is 9.58. The third-order valence-corrected chi connectivity index (χ3v) is 12.4. The molecule has 10 aromatic carbocycles. The molecule has 11 aromatic rings. The van der Waals surface area contributed by atoms with Gasteiger partial charge in [-0.3, -0.25) is 0 Å². The van der Waals surface area contributed by atoms with E-state index in [0.717, 1.165) is 55.7 Å². The molecule has 0 unspecified atom stereocenters. The summed E-state index contributed by atoms with van der Waals surface area (Å²) >= 11 is 0. The number of aromatic nitrogens is 1. The minimum Gasteiger partial charge on any atom is -0.310 e. The lowest BCUT2D eigenvalue weighted by molar-refractivity contribution is 0.627. The van der Waals surface area contributed by atoms with Gasteiger partial charge >= 0.3 is 0 Å². The van der Waals surface area contributed by atoms with Gasteiger partial charge in [0.2, 0.25) is 0 Å². The molecule has 1 heterocycles. The Kier molecular flexibility index (Phi) is 9.28. The summed E-state index contributed by atoms with van der Waals surface area (Å²) in [6.45, 7) is 0. The van der Waals surface area contributed by atoms with Crippen molar-refractivity contribution in [3.05, 3.63) is 277 Å². The first-order valence-corrected chi connectivity index (χ1v) is 21.1. The zero-order valence-electron chi connectivity index (χ0n) is 33.9. The van der Waals surface area contributed by atoms with Gasteiger partial charge in [0, 0.05) is 33.2 Å². The normalized spacial score (nSPS) is 11.6. The average molecular weight is 797 g/mol. The number of halogens is 1. The Hall–Kier alpha value is -8.01. The Morgan fingerprint density at radius 2 is 0.839 bits per heavy atom. The molecule has 294 valence electrons. The van der Waals surface area contributed by atoms with E-state index in [4.69, 9.17) is 0 Å². The van der Waals surface area contributed by atoms with Crippen molar-refractivity contribution >= 4 is 49.6 Å². The molecule has 0 fully saturated rings. The lowest BCUT2D eigenvalue weighted by Gasteiger charge is -2.37. The van der Waals surface area contributed by atoms with E-state index in [2.05, 4.69) is 234 Å². The van der Waals surface area contributed by atoms with Crippen LogP contribution in [0.1, 0.15) is 22.3 Å². The molecule has 0 aliphatic carbocycles. The molecule has 0 saturated carbocycles. The maximum atomic E-state index is 14.0. The van der Waals surface area contributed by atoms with Gasteiger partial charge in [-0.05, 0) is 112 Å². The van der Waals surface area contributed by atoms with Crippen LogP contribution in [0.15, 0.2) is 249 Å². The van der Waals surface area contributed by atoms with Crippen LogP contribution in [0.5, 0.6) is 0 Å². The zero-order valence-corrected chi connectivity index (χ0v) is 33.9. The maximum absolute atomic E-state index is 14.0. The van der Waals surface area contributed by atoms with Gasteiger partial charge < -0.3 is 9.47 Å². The summed E-state index contributed by atoms with van der Waals surface area (Å²) in [4.78, 5) is 2.38. The van der Waals surface area contributed by atoms with E-state index in [1.165, 1.54) is 45.2 Å². The molecule has 1 aromatic heterocycles. The molecule has 2 nitrogen and oxygen atoms in total. The van der Waals surface area contributed by atoms with Crippen molar-refractivity contribution in [2.75, 3.05) is 4.90 Å². The molecule has 0 N–H and O–H groups in total. The Labute approximate surface area is 361 Å². The van der Waals surface area contributed by atoms with Crippen molar-refractivity contribution in [1.29, 1.82) is 0 Å². The number of anilines is 3. The summed E-state index contributed by atoms with van der Waals surface area (Å²) in [6, 6.07) is 87.7. The first kappa shape index (κ1) is 37.0.